The number of rotatable bonds is 6. The van der Waals surface area contributed by atoms with Crippen molar-refractivity contribution in [2.45, 2.75) is 45.2 Å². The second kappa shape index (κ2) is 6.53. The second-order valence-electron chi connectivity index (χ2n) is 3.84. The van der Waals surface area contributed by atoms with Crippen LogP contribution in [0.15, 0.2) is 12.5 Å². The minimum absolute atomic E-state index is 0.0728. The maximum Gasteiger partial charge on any atom is 0.221 e. The smallest absolute Gasteiger partial charge is 0.221 e. The first-order chi connectivity index (χ1) is 7.67. The Labute approximate surface area is 101 Å². The molecule has 0 radical (unpaired) electrons. The molecule has 1 amide bonds. The van der Waals surface area contributed by atoms with Gasteiger partial charge in [-0.05, 0) is 13.3 Å². The predicted molar refractivity (Wildman–Crippen MR) is 64.3 cm³/mol. The van der Waals surface area contributed by atoms with Gasteiger partial charge in [-0.25, -0.2) is 4.98 Å². The molecule has 1 N–H and O–H groups in total. The number of aryl methyl sites for hydroxylation is 1. The first-order valence-corrected chi connectivity index (χ1v) is 6.05. The number of alkyl halides is 1. The third-order valence-electron chi connectivity index (χ3n) is 2.53. The highest BCUT2D eigenvalue weighted by atomic mass is 35.5. The number of amides is 1. The molecule has 0 aliphatic rings. The van der Waals surface area contributed by atoms with Crippen LogP contribution in [0, 0.1) is 0 Å². The first-order valence-electron chi connectivity index (χ1n) is 5.51. The number of carbonyl (C=O) groups excluding carboxylic acids is 1. The van der Waals surface area contributed by atoms with E-state index in [4.69, 9.17) is 11.6 Å². The summed E-state index contributed by atoms with van der Waals surface area (Å²) in [4.78, 5) is 15.5. The molecular weight excluding hydrogens is 226 g/mol. The zero-order valence-corrected chi connectivity index (χ0v) is 10.5. The fraction of sp³-hybridized carbons (Fsp3) is 0.636. The average molecular weight is 244 g/mol. The number of hydrogen-bond acceptors (Lipinski definition) is 2. The van der Waals surface area contributed by atoms with Gasteiger partial charge in [0.25, 0.3) is 0 Å². The van der Waals surface area contributed by atoms with E-state index in [-0.39, 0.29) is 11.9 Å². The number of carbonyl (C=O) groups is 1. The van der Waals surface area contributed by atoms with Gasteiger partial charge in [-0.15, -0.1) is 11.6 Å². The third-order valence-corrected chi connectivity index (χ3v) is 2.81. The molecule has 4 nitrogen and oxygen atoms in total. The summed E-state index contributed by atoms with van der Waals surface area (Å²) in [5.74, 6) is 0.496. The van der Waals surface area contributed by atoms with Gasteiger partial charge in [0.2, 0.25) is 5.91 Å². The number of imidazole rings is 1. The molecule has 0 aliphatic carbocycles. The molecule has 0 saturated heterocycles. The van der Waals surface area contributed by atoms with E-state index >= 15 is 0 Å². The molecular formula is C11H18ClN3O. The van der Waals surface area contributed by atoms with Crippen molar-refractivity contribution < 1.29 is 4.79 Å². The fourth-order valence-electron chi connectivity index (χ4n) is 1.33. The Bertz CT molecular complexity index is 338. The quantitative estimate of drug-likeness (QED) is 0.776. The number of aromatic nitrogens is 2. The standard InChI is InChI=1S/C11H18ClN3O/c1-3-9(2)14-11(16)4-5-15-8-13-7-10(15)6-12/h7-9H,3-6H2,1-2H3,(H,14,16). The van der Waals surface area contributed by atoms with E-state index in [1.54, 1.807) is 12.5 Å². The highest BCUT2D eigenvalue weighted by molar-refractivity contribution is 6.16. The van der Waals surface area contributed by atoms with Crippen molar-refractivity contribution in [1.82, 2.24) is 14.9 Å². The lowest BCUT2D eigenvalue weighted by Crippen LogP contribution is -2.32. The van der Waals surface area contributed by atoms with Crippen molar-refractivity contribution in [2.75, 3.05) is 0 Å². The molecule has 1 heterocycles. The van der Waals surface area contributed by atoms with Crippen LogP contribution in [0.4, 0.5) is 0 Å². The number of nitrogens with one attached hydrogen (secondary N) is 1. The molecule has 1 unspecified atom stereocenters. The number of nitrogens with zero attached hydrogens (tertiary/aromatic N) is 2. The van der Waals surface area contributed by atoms with E-state index in [2.05, 4.69) is 10.3 Å². The highest BCUT2D eigenvalue weighted by Crippen LogP contribution is 2.04. The summed E-state index contributed by atoms with van der Waals surface area (Å²) in [6.45, 7) is 4.68. The lowest BCUT2D eigenvalue weighted by molar-refractivity contribution is -0.121. The molecule has 0 bridgehead atoms. The molecule has 16 heavy (non-hydrogen) atoms. The normalized spacial score (nSPS) is 12.4. The maximum absolute atomic E-state index is 11.5. The van der Waals surface area contributed by atoms with Gasteiger partial charge in [-0.1, -0.05) is 6.92 Å². The van der Waals surface area contributed by atoms with Crippen molar-refractivity contribution in [3.8, 4) is 0 Å². The van der Waals surface area contributed by atoms with Gasteiger partial charge in [-0.2, -0.15) is 0 Å². The molecule has 1 rings (SSSR count). The second-order valence-corrected chi connectivity index (χ2v) is 4.11. The van der Waals surface area contributed by atoms with Gasteiger partial charge in [0, 0.05) is 25.2 Å². The van der Waals surface area contributed by atoms with E-state index in [1.807, 2.05) is 18.4 Å². The van der Waals surface area contributed by atoms with Crippen LogP contribution in [-0.2, 0) is 17.2 Å². The van der Waals surface area contributed by atoms with E-state index in [0.717, 1.165) is 12.1 Å². The fourth-order valence-corrected chi connectivity index (χ4v) is 1.55. The minimum Gasteiger partial charge on any atom is -0.354 e. The highest BCUT2D eigenvalue weighted by Gasteiger charge is 2.07. The molecule has 0 spiro atoms. The molecule has 0 aromatic carbocycles. The van der Waals surface area contributed by atoms with Gasteiger partial charge in [0.15, 0.2) is 0 Å². The Morgan fingerprint density at radius 1 is 1.69 bits per heavy atom. The Hall–Kier alpha value is -1.03. The van der Waals surface area contributed by atoms with Crippen molar-refractivity contribution >= 4 is 17.5 Å². The lowest BCUT2D eigenvalue weighted by atomic mass is 10.2. The molecule has 1 aromatic heterocycles. The van der Waals surface area contributed by atoms with Gasteiger partial charge >= 0.3 is 0 Å². The Morgan fingerprint density at radius 3 is 3.06 bits per heavy atom. The van der Waals surface area contributed by atoms with E-state index < -0.39 is 0 Å². The first kappa shape index (κ1) is 13.0. The maximum atomic E-state index is 11.5. The molecule has 0 aliphatic heterocycles. The SMILES string of the molecule is CCC(C)NC(=O)CCn1cncc1CCl. The molecule has 1 aromatic rings. The van der Waals surface area contributed by atoms with Gasteiger partial charge in [-0.3, -0.25) is 4.79 Å². The summed E-state index contributed by atoms with van der Waals surface area (Å²) in [5, 5.41) is 2.92. The number of hydrogen-bond donors (Lipinski definition) is 1. The zero-order valence-electron chi connectivity index (χ0n) is 9.74. The van der Waals surface area contributed by atoms with Crippen molar-refractivity contribution in [3.63, 3.8) is 0 Å². The summed E-state index contributed by atoms with van der Waals surface area (Å²) in [6, 6.07) is 0.239. The number of halogens is 1. The van der Waals surface area contributed by atoms with Crippen LogP contribution in [-0.4, -0.2) is 21.5 Å². The van der Waals surface area contributed by atoms with Gasteiger partial charge in [0.1, 0.15) is 0 Å². The van der Waals surface area contributed by atoms with Crippen LogP contribution in [0.1, 0.15) is 32.4 Å². The topological polar surface area (TPSA) is 46.9 Å². The third kappa shape index (κ3) is 3.85. The Morgan fingerprint density at radius 2 is 2.44 bits per heavy atom. The van der Waals surface area contributed by atoms with Crippen molar-refractivity contribution in [1.29, 1.82) is 0 Å². The van der Waals surface area contributed by atoms with Gasteiger partial charge in [0.05, 0.1) is 17.9 Å². The van der Waals surface area contributed by atoms with Crippen molar-refractivity contribution in [2.24, 2.45) is 0 Å². The van der Waals surface area contributed by atoms with Crippen LogP contribution in [0.3, 0.4) is 0 Å². The summed E-state index contributed by atoms with van der Waals surface area (Å²) < 4.78 is 1.91. The monoisotopic (exact) mass is 243 g/mol. The largest absolute Gasteiger partial charge is 0.354 e. The van der Waals surface area contributed by atoms with E-state index in [0.29, 0.717) is 18.8 Å². The van der Waals surface area contributed by atoms with Gasteiger partial charge < -0.3 is 9.88 Å². The van der Waals surface area contributed by atoms with Crippen LogP contribution in [0.2, 0.25) is 0 Å². The molecule has 5 heteroatoms. The van der Waals surface area contributed by atoms with Crippen LogP contribution >= 0.6 is 11.6 Å². The summed E-state index contributed by atoms with van der Waals surface area (Å²) >= 11 is 5.73. The molecule has 90 valence electrons. The van der Waals surface area contributed by atoms with Crippen molar-refractivity contribution in [3.05, 3.63) is 18.2 Å². The van der Waals surface area contributed by atoms with E-state index in [9.17, 15) is 4.79 Å². The van der Waals surface area contributed by atoms with Crippen LogP contribution < -0.4 is 5.32 Å². The predicted octanol–water partition coefficient (Wildman–Crippen LogP) is 1.93. The summed E-state index contributed by atoms with van der Waals surface area (Å²) in [5.41, 5.74) is 0.943. The molecule has 0 fully saturated rings. The van der Waals surface area contributed by atoms with Crippen LogP contribution in [0.25, 0.3) is 0 Å². The Kier molecular flexibility index (Phi) is 5.32. The molecule has 0 saturated carbocycles. The minimum atomic E-state index is 0.0728. The van der Waals surface area contributed by atoms with Crippen LogP contribution in [0.5, 0.6) is 0 Å². The average Bonchev–Trinajstić information content (AvgIpc) is 2.73. The van der Waals surface area contributed by atoms with E-state index in [1.165, 1.54) is 0 Å². The molecule has 1 atom stereocenters. The zero-order chi connectivity index (χ0) is 12.0. The summed E-state index contributed by atoms with van der Waals surface area (Å²) in [7, 11) is 0. The Balaban J connectivity index is 2.37. The summed E-state index contributed by atoms with van der Waals surface area (Å²) in [6.07, 6.45) is 4.84. The lowest BCUT2D eigenvalue weighted by Gasteiger charge is -2.11.